The van der Waals surface area contributed by atoms with Gasteiger partial charge in [0.2, 0.25) is 0 Å². The van der Waals surface area contributed by atoms with Gasteiger partial charge in [-0.25, -0.2) is 0 Å². The second-order valence-electron chi connectivity index (χ2n) is 5.50. The Bertz CT molecular complexity index is 231. The fourth-order valence-corrected chi connectivity index (χ4v) is 3.25. The molecule has 1 heterocycles. The third-order valence-electron chi connectivity index (χ3n) is 4.25. The van der Waals surface area contributed by atoms with Crippen LogP contribution in [-0.4, -0.2) is 17.9 Å². The molecule has 2 rings (SSSR count). The van der Waals surface area contributed by atoms with Crippen molar-refractivity contribution >= 4 is 5.78 Å². The molecule has 2 nitrogen and oxygen atoms in total. The Labute approximate surface area is 92.8 Å². The maximum atomic E-state index is 11.6. The van der Waals surface area contributed by atoms with E-state index in [-0.39, 0.29) is 5.54 Å². The number of rotatable bonds is 1. The van der Waals surface area contributed by atoms with Crippen molar-refractivity contribution in [2.75, 3.05) is 6.54 Å². The number of carbonyl (C=O) groups is 1. The molecule has 15 heavy (non-hydrogen) atoms. The lowest BCUT2D eigenvalue weighted by Crippen LogP contribution is -2.54. The Morgan fingerprint density at radius 3 is 2.47 bits per heavy atom. The molecule has 1 aliphatic heterocycles. The van der Waals surface area contributed by atoms with Crippen LogP contribution in [-0.2, 0) is 4.79 Å². The van der Waals surface area contributed by atoms with Gasteiger partial charge >= 0.3 is 0 Å². The average Bonchev–Trinajstić information content (AvgIpc) is 2.45. The van der Waals surface area contributed by atoms with Crippen LogP contribution in [0.3, 0.4) is 0 Å². The van der Waals surface area contributed by atoms with Crippen LogP contribution < -0.4 is 5.32 Å². The molecule has 0 aromatic rings. The van der Waals surface area contributed by atoms with E-state index >= 15 is 0 Å². The van der Waals surface area contributed by atoms with Crippen molar-refractivity contribution in [2.45, 2.75) is 63.8 Å². The van der Waals surface area contributed by atoms with Crippen LogP contribution in [0.5, 0.6) is 0 Å². The first-order chi connectivity index (χ1) is 7.21. The summed E-state index contributed by atoms with van der Waals surface area (Å²) < 4.78 is 0. The van der Waals surface area contributed by atoms with E-state index in [0.717, 1.165) is 25.3 Å². The molecule has 2 aliphatic rings. The lowest BCUT2D eigenvalue weighted by Gasteiger charge is -2.41. The van der Waals surface area contributed by atoms with E-state index in [0.29, 0.717) is 5.78 Å². The number of Topliss-reactive ketones (excluding diaryl/α,β-unsaturated/α-hetero) is 1. The van der Waals surface area contributed by atoms with Crippen LogP contribution >= 0.6 is 0 Å². The number of carbonyl (C=O) groups excluding carboxylic acids is 1. The first-order valence-corrected chi connectivity index (χ1v) is 6.47. The Morgan fingerprint density at radius 1 is 1.20 bits per heavy atom. The summed E-state index contributed by atoms with van der Waals surface area (Å²) >= 11 is 0. The zero-order valence-electron chi connectivity index (χ0n) is 9.85. The van der Waals surface area contributed by atoms with Crippen molar-refractivity contribution in [2.24, 2.45) is 5.92 Å². The molecular formula is C13H23NO. The van der Waals surface area contributed by atoms with Gasteiger partial charge in [-0.3, -0.25) is 4.79 Å². The maximum absolute atomic E-state index is 11.6. The van der Waals surface area contributed by atoms with Crippen molar-refractivity contribution in [1.29, 1.82) is 0 Å². The predicted molar refractivity (Wildman–Crippen MR) is 61.8 cm³/mol. The monoisotopic (exact) mass is 209 g/mol. The minimum absolute atomic E-state index is 0.111. The fourth-order valence-electron chi connectivity index (χ4n) is 3.25. The van der Waals surface area contributed by atoms with E-state index in [1.165, 1.54) is 38.5 Å². The molecule has 2 heteroatoms. The second-order valence-corrected chi connectivity index (χ2v) is 5.50. The van der Waals surface area contributed by atoms with Gasteiger partial charge in [0, 0.05) is 24.9 Å². The summed E-state index contributed by atoms with van der Waals surface area (Å²) in [5.41, 5.74) is 0.111. The first kappa shape index (κ1) is 11.1. The molecular weight excluding hydrogens is 186 g/mol. The lowest BCUT2D eigenvalue weighted by molar-refractivity contribution is -0.122. The highest BCUT2D eigenvalue weighted by molar-refractivity contribution is 5.80. The van der Waals surface area contributed by atoms with E-state index < -0.39 is 0 Å². The number of ketones is 1. The standard InChI is InChI=1S/C13H23NO/c1-13(10-12(15)8-9-14-13)11-6-4-2-3-5-7-11/h11,14H,2-10H2,1H3. The second kappa shape index (κ2) is 4.65. The van der Waals surface area contributed by atoms with E-state index in [2.05, 4.69) is 12.2 Å². The smallest absolute Gasteiger partial charge is 0.136 e. The van der Waals surface area contributed by atoms with Crippen LogP contribution in [0, 0.1) is 5.92 Å². The number of nitrogens with one attached hydrogen (secondary N) is 1. The van der Waals surface area contributed by atoms with Gasteiger partial charge in [-0.05, 0) is 25.7 Å². The molecule has 0 aromatic heterocycles. The van der Waals surface area contributed by atoms with Crippen molar-refractivity contribution in [3.8, 4) is 0 Å². The van der Waals surface area contributed by atoms with E-state index in [4.69, 9.17) is 0 Å². The Kier molecular flexibility index (Phi) is 3.45. The molecule has 0 bridgehead atoms. The summed E-state index contributed by atoms with van der Waals surface area (Å²) in [6.07, 6.45) is 9.63. The molecule has 2 fully saturated rings. The van der Waals surface area contributed by atoms with Crippen molar-refractivity contribution in [3.05, 3.63) is 0 Å². The van der Waals surface area contributed by atoms with Crippen LogP contribution in [0.15, 0.2) is 0 Å². The predicted octanol–water partition coefficient (Wildman–Crippen LogP) is 2.67. The van der Waals surface area contributed by atoms with Gasteiger partial charge < -0.3 is 5.32 Å². The van der Waals surface area contributed by atoms with Crippen LogP contribution in [0.1, 0.15) is 58.3 Å². The first-order valence-electron chi connectivity index (χ1n) is 6.47. The topological polar surface area (TPSA) is 29.1 Å². The van der Waals surface area contributed by atoms with Crippen LogP contribution in [0.4, 0.5) is 0 Å². The largest absolute Gasteiger partial charge is 0.310 e. The van der Waals surface area contributed by atoms with Crippen molar-refractivity contribution in [1.82, 2.24) is 5.32 Å². The Morgan fingerprint density at radius 2 is 1.87 bits per heavy atom. The Balaban J connectivity index is 2.02. The van der Waals surface area contributed by atoms with Gasteiger partial charge in [-0.2, -0.15) is 0 Å². The zero-order chi connectivity index (χ0) is 10.7. The molecule has 1 aliphatic carbocycles. The molecule has 0 aromatic carbocycles. The highest BCUT2D eigenvalue weighted by Crippen LogP contribution is 2.35. The van der Waals surface area contributed by atoms with Gasteiger partial charge in [0.1, 0.15) is 5.78 Å². The molecule has 1 saturated carbocycles. The molecule has 1 N–H and O–H groups in total. The molecule has 86 valence electrons. The SMILES string of the molecule is CC1(C2CCCCCC2)CC(=O)CCN1. The quantitative estimate of drug-likeness (QED) is 0.673. The van der Waals surface area contributed by atoms with Crippen molar-refractivity contribution < 1.29 is 4.79 Å². The molecule has 0 spiro atoms. The minimum atomic E-state index is 0.111. The van der Waals surface area contributed by atoms with Crippen LogP contribution in [0.2, 0.25) is 0 Å². The summed E-state index contributed by atoms with van der Waals surface area (Å²) in [7, 11) is 0. The summed E-state index contributed by atoms with van der Waals surface area (Å²) in [6.45, 7) is 3.16. The van der Waals surface area contributed by atoms with Gasteiger partial charge in [-0.1, -0.05) is 25.7 Å². The Hall–Kier alpha value is -0.370. The summed E-state index contributed by atoms with van der Waals surface area (Å²) in [4.78, 5) is 11.6. The molecule has 1 unspecified atom stereocenters. The molecule has 0 amide bonds. The average molecular weight is 209 g/mol. The third-order valence-corrected chi connectivity index (χ3v) is 4.25. The highest BCUT2D eigenvalue weighted by Gasteiger charge is 2.37. The lowest BCUT2D eigenvalue weighted by atomic mass is 9.75. The molecule has 1 saturated heterocycles. The maximum Gasteiger partial charge on any atom is 0.136 e. The zero-order valence-corrected chi connectivity index (χ0v) is 9.85. The minimum Gasteiger partial charge on any atom is -0.310 e. The summed E-state index contributed by atoms with van der Waals surface area (Å²) in [5.74, 6) is 1.18. The van der Waals surface area contributed by atoms with Gasteiger partial charge in [0.15, 0.2) is 0 Å². The van der Waals surface area contributed by atoms with E-state index in [1.54, 1.807) is 0 Å². The molecule has 1 atom stereocenters. The van der Waals surface area contributed by atoms with Gasteiger partial charge in [0.05, 0.1) is 0 Å². The highest BCUT2D eigenvalue weighted by atomic mass is 16.1. The van der Waals surface area contributed by atoms with E-state index in [9.17, 15) is 4.79 Å². The van der Waals surface area contributed by atoms with Gasteiger partial charge in [-0.15, -0.1) is 0 Å². The summed E-state index contributed by atoms with van der Waals surface area (Å²) in [5, 5.41) is 3.60. The fraction of sp³-hybridized carbons (Fsp3) is 0.923. The number of piperidine rings is 1. The summed E-state index contributed by atoms with van der Waals surface area (Å²) in [6, 6.07) is 0. The van der Waals surface area contributed by atoms with Crippen molar-refractivity contribution in [3.63, 3.8) is 0 Å². The van der Waals surface area contributed by atoms with Gasteiger partial charge in [0.25, 0.3) is 0 Å². The number of hydrogen-bond donors (Lipinski definition) is 1. The third kappa shape index (κ3) is 2.60. The van der Waals surface area contributed by atoms with Crippen LogP contribution in [0.25, 0.3) is 0 Å². The normalized spacial score (nSPS) is 35.1. The number of hydrogen-bond acceptors (Lipinski definition) is 2. The molecule has 0 radical (unpaired) electrons. The van der Waals surface area contributed by atoms with E-state index in [1.807, 2.05) is 0 Å².